The van der Waals surface area contributed by atoms with Crippen molar-refractivity contribution in [2.24, 2.45) is 0 Å². The van der Waals surface area contributed by atoms with Crippen molar-refractivity contribution in [1.82, 2.24) is 0 Å². The predicted molar refractivity (Wildman–Crippen MR) is 74.1 cm³/mol. The van der Waals surface area contributed by atoms with Crippen LogP contribution in [0.5, 0.6) is 0 Å². The van der Waals surface area contributed by atoms with Gasteiger partial charge in [0, 0.05) is 6.42 Å². The maximum Gasteiger partial charge on any atom is 0.508 e. The third-order valence-corrected chi connectivity index (χ3v) is 3.47. The van der Waals surface area contributed by atoms with Gasteiger partial charge in [0.25, 0.3) is 0 Å². The summed E-state index contributed by atoms with van der Waals surface area (Å²) < 4.78 is 20.7. The van der Waals surface area contributed by atoms with Gasteiger partial charge >= 0.3 is 25.9 Å². The van der Waals surface area contributed by atoms with Crippen molar-refractivity contribution in [3.63, 3.8) is 0 Å². The fourth-order valence-electron chi connectivity index (χ4n) is 1.55. The zero-order valence-corrected chi connectivity index (χ0v) is 12.3. The molecule has 118 valence electrons. The maximum absolute atomic E-state index is 11.8. The monoisotopic (exact) mass is 329 g/mol. The molecule has 0 fully saturated rings. The summed E-state index contributed by atoms with van der Waals surface area (Å²) in [5, 5.41) is 16.9. The lowest BCUT2D eigenvalue weighted by molar-refractivity contribution is -0.140. The number of carboxylic acids is 2. The van der Waals surface area contributed by atoms with Crippen molar-refractivity contribution >= 4 is 25.9 Å². The first-order valence-corrected chi connectivity index (χ1v) is 7.52. The summed E-state index contributed by atoms with van der Waals surface area (Å²) in [6.07, 6.45) is 0.235. The van der Waals surface area contributed by atoms with Crippen LogP contribution in [0.3, 0.4) is 0 Å². The van der Waals surface area contributed by atoms with Crippen LogP contribution < -0.4 is 0 Å². The normalized spacial score (nSPS) is 10.8. The van der Waals surface area contributed by atoms with E-state index in [9.17, 15) is 18.9 Å². The van der Waals surface area contributed by atoms with Gasteiger partial charge in [0.15, 0.2) is 19.4 Å². The zero-order chi connectivity index (χ0) is 16.5. The van der Waals surface area contributed by atoms with Crippen LogP contribution >= 0.6 is 8.03 Å². The number of hydrogen-bond donors (Lipinski definition) is 2. The molecule has 8 nitrogen and oxygen atoms in total. The smallest absolute Gasteiger partial charge is 0.479 e. The van der Waals surface area contributed by atoms with E-state index in [0.717, 1.165) is 0 Å². The van der Waals surface area contributed by atoms with Gasteiger partial charge in [-0.2, -0.15) is 0 Å². The Kier molecular flexibility index (Phi) is 7.15. The van der Waals surface area contributed by atoms with E-state index in [1.807, 2.05) is 0 Å². The first-order valence-electron chi connectivity index (χ1n) is 6.16. The van der Waals surface area contributed by atoms with Crippen molar-refractivity contribution in [2.75, 3.05) is 19.4 Å². The van der Waals surface area contributed by atoms with Gasteiger partial charge < -0.3 is 14.9 Å². The van der Waals surface area contributed by atoms with E-state index in [1.165, 1.54) is 6.07 Å². The number of esters is 1. The predicted octanol–water partition coefficient (Wildman–Crippen LogP) is 1.31. The van der Waals surface area contributed by atoms with E-state index in [2.05, 4.69) is 9.26 Å². The molecule has 0 spiro atoms. The van der Waals surface area contributed by atoms with Crippen LogP contribution in [-0.2, 0) is 29.8 Å². The summed E-state index contributed by atoms with van der Waals surface area (Å²) in [5.41, 5.74) is 0.686. The summed E-state index contributed by atoms with van der Waals surface area (Å²) in [4.78, 5) is 32.4. The molecule has 0 aromatic heterocycles. The van der Waals surface area contributed by atoms with E-state index in [-0.39, 0.29) is 18.1 Å². The summed E-state index contributed by atoms with van der Waals surface area (Å²) in [6.45, 7) is -1.40. The van der Waals surface area contributed by atoms with Gasteiger partial charge in [-0.15, -0.1) is 4.52 Å². The number of rotatable bonds is 9. The number of hydrogen-bond acceptors (Lipinski definition) is 6. The Morgan fingerprint density at radius 2 is 1.68 bits per heavy atom. The van der Waals surface area contributed by atoms with Crippen LogP contribution in [0.2, 0.25) is 0 Å². The topological polar surface area (TPSA) is 127 Å². The fourth-order valence-corrected chi connectivity index (χ4v) is 2.35. The molecule has 0 aliphatic carbocycles. The van der Waals surface area contributed by atoms with Crippen LogP contribution in [-0.4, -0.2) is 47.5 Å². The quantitative estimate of drug-likeness (QED) is 0.513. The molecule has 0 radical (unpaired) electrons. The summed E-state index contributed by atoms with van der Waals surface area (Å²) in [5.74, 6) is -3.28. The number of carbonyl (C=O) groups excluding carboxylic acids is 1. The van der Waals surface area contributed by atoms with Crippen LogP contribution in [0.4, 0.5) is 0 Å². The largest absolute Gasteiger partial charge is 0.508 e. The van der Waals surface area contributed by atoms with Crippen LogP contribution in [0.1, 0.15) is 15.9 Å². The Bertz CT molecular complexity index is 583. The molecule has 1 atom stereocenters. The second-order valence-corrected chi connectivity index (χ2v) is 5.47. The molecule has 0 aliphatic rings. The molecule has 2 N–H and O–H groups in total. The minimum absolute atomic E-state index is 0.0336. The molecule has 9 heteroatoms. The van der Waals surface area contributed by atoms with Gasteiger partial charge in [-0.05, 0) is 16.2 Å². The van der Waals surface area contributed by atoms with Crippen LogP contribution in [0, 0.1) is 0 Å². The van der Waals surface area contributed by atoms with Gasteiger partial charge in [0.2, 0.25) is 0 Å². The molecule has 1 unspecified atom stereocenters. The molecule has 0 amide bonds. The summed E-state index contributed by atoms with van der Waals surface area (Å²) in [7, 11) is -2.16. The number of aryl methyl sites for hydroxylation is 1. The molecule has 0 saturated heterocycles. The molecule has 0 bridgehead atoms. The highest BCUT2D eigenvalue weighted by molar-refractivity contribution is 7.39. The lowest BCUT2D eigenvalue weighted by Crippen LogP contribution is -2.14. The molecule has 0 saturated carbocycles. The average molecular weight is 329 g/mol. The first kappa shape index (κ1) is 17.7. The number of ether oxygens (including phenoxy) is 1. The Labute approximate surface area is 126 Å². The molecule has 1 rings (SSSR count). The highest BCUT2D eigenvalue weighted by atomic mass is 31.1. The fraction of sp³-hybridized carbons (Fsp3) is 0.308. The van der Waals surface area contributed by atoms with Crippen molar-refractivity contribution < 1.29 is 38.4 Å². The SMILES string of the molecule is O=C(O)COC(=O)c1ccccc1CC[P+](=O)OCC(=O)O. The molecule has 0 aliphatic heterocycles. The van der Waals surface area contributed by atoms with E-state index >= 15 is 0 Å². The minimum atomic E-state index is -2.16. The number of carbonyl (C=O) groups is 3. The van der Waals surface area contributed by atoms with Crippen molar-refractivity contribution in [3.8, 4) is 0 Å². The number of benzene rings is 1. The van der Waals surface area contributed by atoms with Gasteiger partial charge in [0.05, 0.1) is 5.56 Å². The van der Waals surface area contributed by atoms with Crippen molar-refractivity contribution in [2.45, 2.75) is 6.42 Å². The Morgan fingerprint density at radius 3 is 2.32 bits per heavy atom. The van der Waals surface area contributed by atoms with Gasteiger partial charge in [-0.25, -0.2) is 14.4 Å². The zero-order valence-electron chi connectivity index (χ0n) is 11.4. The summed E-state index contributed by atoms with van der Waals surface area (Å²) >= 11 is 0. The van der Waals surface area contributed by atoms with E-state index < -0.39 is 39.1 Å². The van der Waals surface area contributed by atoms with Crippen LogP contribution in [0.15, 0.2) is 24.3 Å². The molecule has 22 heavy (non-hydrogen) atoms. The van der Waals surface area contributed by atoms with Crippen molar-refractivity contribution in [3.05, 3.63) is 35.4 Å². The standard InChI is InChI=1S/C13H13O8P/c14-11(15)7-20-13(18)10-4-2-1-3-9(10)5-6-22(19)21-8-12(16)17/h1-4H,5-8H2,(H-,14,15,16,17)/p+1. The Hall–Kier alpha value is -2.31. The van der Waals surface area contributed by atoms with Gasteiger partial charge in [0.1, 0.15) is 0 Å². The molecule has 0 heterocycles. The lowest BCUT2D eigenvalue weighted by atomic mass is 10.1. The highest BCUT2D eigenvalue weighted by Crippen LogP contribution is 2.24. The van der Waals surface area contributed by atoms with E-state index in [1.54, 1.807) is 18.2 Å². The highest BCUT2D eigenvalue weighted by Gasteiger charge is 2.21. The van der Waals surface area contributed by atoms with Crippen LogP contribution in [0.25, 0.3) is 0 Å². The number of carboxylic acid groups (broad SMARTS) is 2. The summed E-state index contributed by atoms with van der Waals surface area (Å²) in [6, 6.07) is 6.32. The first-order chi connectivity index (χ1) is 10.4. The third kappa shape index (κ3) is 6.43. The lowest BCUT2D eigenvalue weighted by Gasteiger charge is -2.06. The molecule has 1 aromatic carbocycles. The Balaban J connectivity index is 2.63. The Morgan fingerprint density at radius 1 is 1.05 bits per heavy atom. The van der Waals surface area contributed by atoms with E-state index in [0.29, 0.717) is 5.56 Å². The second-order valence-electron chi connectivity index (χ2n) is 4.10. The molecular formula is C13H14O8P+. The minimum Gasteiger partial charge on any atom is -0.479 e. The van der Waals surface area contributed by atoms with Gasteiger partial charge in [-0.1, -0.05) is 18.2 Å². The average Bonchev–Trinajstić information content (AvgIpc) is 2.48. The maximum atomic E-state index is 11.8. The van der Waals surface area contributed by atoms with E-state index in [4.69, 9.17) is 10.2 Å². The second kappa shape index (κ2) is 8.86. The van der Waals surface area contributed by atoms with Gasteiger partial charge in [-0.3, -0.25) is 0 Å². The molecular weight excluding hydrogens is 315 g/mol. The number of aliphatic carboxylic acids is 2. The third-order valence-electron chi connectivity index (χ3n) is 2.46. The van der Waals surface area contributed by atoms with Crippen molar-refractivity contribution in [1.29, 1.82) is 0 Å². The molecule has 1 aromatic rings.